The van der Waals surface area contributed by atoms with Crippen molar-refractivity contribution in [3.8, 4) is 11.5 Å². The average Bonchev–Trinajstić information content (AvgIpc) is 3.06. The van der Waals surface area contributed by atoms with Gasteiger partial charge in [-0.25, -0.2) is 0 Å². The summed E-state index contributed by atoms with van der Waals surface area (Å²) in [5.41, 5.74) is 17.6. The summed E-state index contributed by atoms with van der Waals surface area (Å²) in [4.78, 5) is 5.10. The van der Waals surface area contributed by atoms with Crippen molar-refractivity contribution in [2.24, 2.45) is 0 Å². The Morgan fingerprint density at radius 3 is 0.926 bits per heavy atom. The van der Waals surface area contributed by atoms with Crippen LogP contribution in [0.15, 0.2) is 84.9 Å². The van der Waals surface area contributed by atoms with Gasteiger partial charge in [0.15, 0.2) is 0 Å². The molecule has 0 aliphatic carbocycles. The first-order chi connectivity index (χ1) is 24.9. The van der Waals surface area contributed by atoms with Crippen LogP contribution >= 0.6 is 0 Å². The zero-order chi connectivity index (χ0) is 39.1. The van der Waals surface area contributed by atoms with Crippen LogP contribution in [0.3, 0.4) is 0 Å². The van der Waals surface area contributed by atoms with Crippen LogP contribution < -0.4 is 30.9 Å². The molecule has 0 bridgehead atoms. The summed E-state index contributed by atoms with van der Waals surface area (Å²) in [6.07, 6.45) is 0. The van der Waals surface area contributed by atoms with E-state index >= 15 is 0 Å². The lowest BCUT2D eigenvalue weighted by molar-refractivity contribution is 0.479. The lowest BCUT2D eigenvalue weighted by Crippen LogP contribution is -2.63. The molecule has 3 aliphatic rings. The van der Waals surface area contributed by atoms with E-state index in [1.165, 1.54) is 78.3 Å². The van der Waals surface area contributed by atoms with Gasteiger partial charge in [0.2, 0.25) is 0 Å². The summed E-state index contributed by atoms with van der Waals surface area (Å²) in [6.45, 7) is 34.7. The van der Waals surface area contributed by atoms with E-state index in [1.54, 1.807) is 0 Å². The predicted molar refractivity (Wildman–Crippen MR) is 234 cm³/mol. The van der Waals surface area contributed by atoms with Gasteiger partial charge in [0, 0.05) is 34.1 Å². The van der Waals surface area contributed by atoms with Gasteiger partial charge in [-0.05, 0) is 132 Å². The van der Waals surface area contributed by atoms with Crippen molar-refractivity contribution in [3.05, 3.63) is 113 Å². The van der Waals surface area contributed by atoms with E-state index in [9.17, 15) is 0 Å². The third-order valence-electron chi connectivity index (χ3n) is 12.0. The molecule has 0 radical (unpaired) electrons. The molecule has 3 nitrogen and oxygen atoms in total. The molecule has 0 unspecified atom stereocenters. The molecule has 4 heteroatoms. The molecule has 0 aromatic heterocycles. The maximum absolute atomic E-state index is 7.24. The first-order valence-electron chi connectivity index (χ1n) is 20.0. The largest absolute Gasteiger partial charge is 0.458 e. The molecule has 3 aliphatic heterocycles. The molecule has 0 N–H and O–H groups in total. The summed E-state index contributed by atoms with van der Waals surface area (Å²) in [7, 11) is 0. The summed E-state index contributed by atoms with van der Waals surface area (Å²) in [5.74, 6) is 1.95. The van der Waals surface area contributed by atoms with E-state index in [0.29, 0.717) is 0 Å². The Labute approximate surface area is 325 Å². The number of rotatable bonds is 2. The Morgan fingerprint density at radius 2 is 0.630 bits per heavy atom. The molecule has 5 aromatic carbocycles. The smallest absolute Gasteiger partial charge is 0.261 e. The lowest BCUT2D eigenvalue weighted by atomic mass is 9.32. The zero-order valence-corrected chi connectivity index (χ0v) is 35.5. The molecule has 0 fully saturated rings. The van der Waals surface area contributed by atoms with Crippen LogP contribution in [0.5, 0.6) is 11.5 Å². The molecule has 0 amide bonds. The van der Waals surface area contributed by atoms with Crippen molar-refractivity contribution in [2.45, 2.75) is 131 Å². The molecule has 0 saturated heterocycles. The van der Waals surface area contributed by atoms with E-state index in [-0.39, 0.29) is 33.8 Å². The second-order valence-corrected chi connectivity index (χ2v) is 21.3. The average molecular weight is 715 g/mol. The highest BCUT2D eigenvalue weighted by Gasteiger charge is 2.50. The van der Waals surface area contributed by atoms with E-state index in [2.05, 4.69) is 199 Å². The van der Waals surface area contributed by atoms with Crippen molar-refractivity contribution in [1.29, 1.82) is 0 Å². The Kier molecular flexibility index (Phi) is 7.81. The minimum Gasteiger partial charge on any atom is -0.458 e. The minimum absolute atomic E-state index is 0.0333. The Morgan fingerprint density at radius 1 is 0.352 bits per heavy atom. The van der Waals surface area contributed by atoms with Crippen LogP contribution in [0.25, 0.3) is 0 Å². The molecule has 0 spiro atoms. The number of hydrogen-bond acceptors (Lipinski definition) is 3. The van der Waals surface area contributed by atoms with Gasteiger partial charge in [-0.1, -0.05) is 128 Å². The highest BCUT2D eigenvalue weighted by Crippen LogP contribution is 2.51. The molecule has 3 heterocycles. The number of ether oxygens (including phenoxy) is 1. The topological polar surface area (TPSA) is 15.7 Å². The molecule has 8 rings (SSSR count). The number of anilines is 6. The third kappa shape index (κ3) is 5.78. The fraction of sp³-hybridized carbons (Fsp3) is 0.400. The SMILES string of the molecule is CC(C)(C)c1ccc(N2c3cc(C(C)(C)C)cc4c3B3c5c(cc(C(C)(C)C)cc5N(c5ccc(C(C)(C)C)cc5)c5cc(C(C)(C)C)cc2c53)O4)cc1. The number of nitrogens with zero attached hydrogens (tertiary/aromatic N) is 2. The van der Waals surface area contributed by atoms with Gasteiger partial charge in [0.05, 0.1) is 0 Å². The van der Waals surface area contributed by atoms with Gasteiger partial charge in [-0.3, -0.25) is 0 Å². The van der Waals surface area contributed by atoms with Gasteiger partial charge >= 0.3 is 0 Å². The van der Waals surface area contributed by atoms with Crippen LogP contribution in [0.2, 0.25) is 0 Å². The van der Waals surface area contributed by atoms with E-state index < -0.39 is 0 Å². The quantitative estimate of drug-likeness (QED) is 0.166. The fourth-order valence-corrected chi connectivity index (χ4v) is 8.52. The number of hydrogen-bond donors (Lipinski definition) is 0. The maximum atomic E-state index is 7.24. The summed E-state index contributed by atoms with van der Waals surface area (Å²) < 4.78 is 7.24. The van der Waals surface area contributed by atoms with Crippen LogP contribution in [0.1, 0.15) is 132 Å². The molecular formula is C50H59BN2O. The van der Waals surface area contributed by atoms with Crippen LogP contribution in [-0.2, 0) is 27.1 Å². The number of benzene rings is 5. The van der Waals surface area contributed by atoms with Crippen molar-refractivity contribution in [2.75, 3.05) is 9.80 Å². The molecule has 5 aromatic rings. The van der Waals surface area contributed by atoms with Crippen LogP contribution in [0, 0.1) is 0 Å². The molecule has 0 atom stereocenters. The van der Waals surface area contributed by atoms with Crippen LogP contribution in [0.4, 0.5) is 34.1 Å². The van der Waals surface area contributed by atoms with Gasteiger partial charge in [0.25, 0.3) is 6.71 Å². The van der Waals surface area contributed by atoms with Crippen molar-refractivity contribution >= 4 is 57.2 Å². The Balaban J connectivity index is 1.52. The highest BCUT2D eigenvalue weighted by molar-refractivity contribution is 7.01. The maximum Gasteiger partial charge on any atom is 0.261 e. The van der Waals surface area contributed by atoms with Crippen LogP contribution in [-0.4, -0.2) is 6.71 Å². The predicted octanol–water partition coefficient (Wildman–Crippen LogP) is 12.4. The van der Waals surface area contributed by atoms with Gasteiger partial charge < -0.3 is 14.5 Å². The Hall–Kier alpha value is -4.44. The first kappa shape index (κ1) is 36.5. The zero-order valence-electron chi connectivity index (χ0n) is 35.5. The van der Waals surface area contributed by atoms with Gasteiger partial charge in [-0.2, -0.15) is 0 Å². The van der Waals surface area contributed by atoms with Gasteiger partial charge in [-0.15, -0.1) is 0 Å². The fourth-order valence-electron chi connectivity index (χ4n) is 8.52. The van der Waals surface area contributed by atoms with Crippen molar-refractivity contribution in [1.82, 2.24) is 0 Å². The van der Waals surface area contributed by atoms with E-state index in [0.717, 1.165) is 11.5 Å². The highest BCUT2D eigenvalue weighted by atomic mass is 16.5. The third-order valence-corrected chi connectivity index (χ3v) is 12.0. The summed E-state index contributed by atoms with van der Waals surface area (Å²) in [6, 6.07) is 33.2. The molecule has 278 valence electrons. The Bertz CT molecular complexity index is 2160. The van der Waals surface area contributed by atoms with E-state index in [4.69, 9.17) is 4.74 Å². The molecular weight excluding hydrogens is 655 g/mol. The second kappa shape index (κ2) is 11.5. The van der Waals surface area contributed by atoms with Crippen molar-refractivity contribution in [3.63, 3.8) is 0 Å². The van der Waals surface area contributed by atoms with Crippen molar-refractivity contribution < 1.29 is 4.74 Å². The normalized spacial score (nSPS) is 15.0. The summed E-state index contributed by atoms with van der Waals surface area (Å²) >= 11 is 0. The summed E-state index contributed by atoms with van der Waals surface area (Å²) in [5, 5.41) is 0. The standard InChI is InChI=1S/C50H59BN2O/c1-46(2,3)30-16-20-35(21-17-30)52-37-24-32(48(7,8)9)25-38-43(37)51-44-39(52)26-33(49(10,11)12)28-41(44)54-42-29-34(50(13,14)15)27-40(45(42)51)53(38)36-22-18-31(19-23-36)47(4,5)6/h16-29H,1-15H3. The van der Waals surface area contributed by atoms with Gasteiger partial charge in [0.1, 0.15) is 11.5 Å². The second-order valence-electron chi connectivity index (χ2n) is 21.3. The minimum atomic E-state index is -0.0812. The monoisotopic (exact) mass is 714 g/mol. The first-order valence-corrected chi connectivity index (χ1v) is 20.0. The van der Waals surface area contributed by atoms with E-state index in [1.807, 2.05) is 0 Å². The molecule has 54 heavy (non-hydrogen) atoms. The molecule has 0 saturated carbocycles. The lowest BCUT2D eigenvalue weighted by Gasteiger charge is -2.48.